The molecule has 140 valence electrons. The number of nitro benzene ring substituents is 1. The van der Waals surface area contributed by atoms with Crippen LogP contribution >= 0.6 is 11.6 Å². The number of halogens is 1. The normalized spacial score (nSPS) is 10.2. The summed E-state index contributed by atoms with van der Waals surface area (Å²) in [7, 11) is 0. The van der Waals surface area contributed by atoms with Crippen LogP contribution in [-0.4, -0.2) is 16.7 Å². The van der Waals surface area contributed by atoms with Crippen molar-refractivity contribution in [1.29, 1.82) is 0 Å². The van der Waals surface area contributed by atoms with Crippen molar-refractivity contribution in [3.05, 3.63) is 99.1 Å². The monoisotopic (exact) mass is 395 g/mol. The third-order valence-electron chi connectivity index (χ3n) is 3.83. The summed E-state index contributed by atoms with van der Waals surface area (Å²) in [5.41, 5.74) is 1.12. The highest BCUT2D eigenvalue weighted by Crippen LogP contribution is 2.26. The second-order valence-electron chi connectivity index (χ2n) is 5.78. The highest BCUT2D eigenvalue weighted by molar-refractivity contribution is 6.34. The molecule has 0 saturated heterocycles. The lowest BCUT2D eigenvalue weighted by atomic mass is 10.1. The van der Waals surface area contributed by atoms with E-state index in [2.05, 4.69) is 10.6 Å². The van der Waals surface area contributed by atoms with Gasteiger partial charge in [-0.1, -0.05) is 35.9 Å². The smallest absolute Gasteiger partial charge is 0.270 e. The summed E-state index contributed by atoms with van der Waals surface area (Å²) in [6, 6.07) is 18.6. The Labute approximate surface area is 165 Å². The average molecular weight is 396 g/mol. The number of nitrogens with zero attached hydrogens (tertiary/aromatic N) is 1. The molecular formula is C20H14ClN3O4. The van der Waals surface area contributed by atoms with E-state index in [0.29, 0.717) is 22.0 Å². The van der Waals surface area contributed by atoms with Gasteiger partial charge in [-0.15, -0.1) is 0 Å². The van der Waals surface area contributed by atoms with Gasteiger partial charge in [0.05, 0.1) is 15.6 Å². The number of rotatable bonds is 5. The number of amides is 2. The first kappa shape index (κ1) is 19.1. The molecule has 2 amide bonds. The number of nitrogens with one attached hydrogen (secondary N) is 2. The first-order valence-electron chi connectivity index (χ1n) is 8.16. The van der Waals surface area contributed by atoms with E-state index < -0.39 is 10.8 Å². The Morgan fingerprint density at radius 1 is 0.821 bits per heavy atom. The molecule has 0 spiro atoms. The Balaban J connectivity index is 1.77. The standard InChI is InChI=1S/C20H14ClN3O4/c21-17-10-9-15(12-18(17)23-19(25)13-5-2-1-3-6-13)22-20(26)14-7-4-8-16(11-14)24(27)28/h1-12H,(H,22,26)(H,23,25). The summed E-state index contributed by atoms with van der Waals surface area (Å²) < 4.78 is 0. The fraction of sp³-hybridized carbons (Fsp3) is 0. The Kier molecular flexibility index (Phi) is 5.67. The quantitative estimate of drug-likeness (QED) is 0.480. The molecule has 0 aliphatic carbocycles. The van der Waals surface area contributed by atoms with Crippen molar-refractivity contribution >= 4 is 40.5 Å². The van der Waals surface area contributed by atoms with Crippen molar-refractivity contribution in [2.75, 3.05) is 10.6 Å². The van der Waals surface area contributed by atoms with Crippen LogP contribution in [0.25, 0.3) is 0 Å². The fourth-order valence-corrected chi connectivity index (χ4v) is 2.61. The third-order valence-corrected chi connectivity index (χ3v) is 4.16. The predicted molar refractivity (Wildman–Crippen MR) is 107 cm³/mol. The van der Waals surface area contributed by atoms with Crippen LogP contribution in [0.2, 0.25) is 5.02 Å². The molecule has 0 unspecified atom stereocenters. The topological polar surface area (TPSA) is 101 Å². The number of carbonyl (C=O) groups is 2. The maximum absolute atomic E-state index is 12.4. The fourth-order valence-electron chi connectivity index (χ4n) is 2.45. The third kappa shape index (κ3) is 4.52. The zero-order valence-electron chi connectivity index (χ0n) is 14.4. The van der Waals surface area contributed by atoms with Gasteiger partial charge >= 0.3 is 0 Å². The Bertz CT molecular complexity index is 1050. The van der Waals surface area contributed by atoms with Crippen LogP contribution in [0.5, 0.6) is 0 Å². The van der Waals surface area contributed by atoms with Crippen LogP contribution in [-0.2, 0) is 0 Å². The van der Waals surface area contributed by atoms with E-state index in [0.717, 1.165) is 0 Å². The molecule has 8 heteroatoms. The predicted octanol–water partition coefficient (Wildman–Crippen LogP) is 4.75. The molecule has 0 aliphatic rings. The van der Waals surface area contributed by atoms with Crippen molar-refractivity contribution in [2.45, 2.75) is 0 Å². The largest absolute Gasteiger partial charge is 0.322 e. The highest BCUT2D eigenvalue weighted by Gasteiger charge is 2.13. The SMILES string of the molecule is O=C(Nc1ccc(Cl)c(NC(=O)c2ccccc2)c1)c1cccc([N+](=O)[O-])c1. The Morgan fingerprint density at radius 3 is 2.21 bits per heavy atom. The molecule has 7 nitrogen and oxygen atoms in total. The van der Waals surface area contributed by atoms with Gasteiger partial charge in [-0.05, 0) is 36.4 Å². The molecule has 0 saturated carbocycles. The van der Waals surface area contributed by atoms with Crippen LogP contribution in [0.15, 0.2) is 72.8 Å². The highest BCUT2D eigenvalue weighted by atomic mass is 35.5. The van der Waals surface area contributed by atoms with Crippen LogP contribution < -0.4 is 10.6 Å². The molecule has 3 aromatic rings. The van der Waals surface area contributed by atoms with Crippen molar-refractivity contribution in [3.8, 4) is 0 Å². The van der Waals surface area contributed by atoms with E-state index in [1.165, 1.54) is 36.4 Å². The summed E-state index contributed by atoms with van der Waals surface area (Å²) in [5, 5.41) is 16.5. The number of benzene rings is 3. The summed E-state index contributed by atoms with van der Waals surface area (Å²) in [6.45, 7) is 0. The minimum Gasteiger partial charge on any atom is -0.322 e. The molecule has 0 aliphatic heterocycles. The number of hydrogen-bond acceptors (Lipinski definition) is 4. The van der Waals surface area contributed by atoms with E-state index >= 15 is 0 Å². The van der Waals surface area contributed by atoms with E-state index in [1.54, 1.807) is 36.4 Å². The van der Waals surface area contributed by atoms with Crippen LogP contribution in [0.1, 0.15) is 20.7 Å². The van der Waals surface area contributed by atoms with Crippen molar-refractivity contribution in [3.63, 3.8) is 0 Å². The summed E-state index contributed by atoms with van der Waals surface area (Å²) >= 11 is 6.13. The van der Waals surface area contributed by atoms with Crippen LogP contribution in [0, 0.1) is 10.1 Å². The first-order chi connectivity index (χ1) is 13.4. The van der Waals surface area contributed by atoms with Crippen molar-refractivity contribution < 1.29 is 14.5 Å². The minimum atomic E-state index is -0.573. The minimum absolute atomic E-state index is 0.138. The van der Waals surface area contributed by atoms with E-state index in [9.17, 15) is 19.7 Å². The van der Waals surface area contributed by atoms with Gasteiger partial charge in [0.2, 0.25) is 0 Å². The molecule has 0 heterocycles. The Morgan fingerprint density at radius 2 is 1.50 bits per heavy atom. The lowest BCUT2D eigenvalue weighted by Gasteiger charge is -2.11. The summed E-state index contributed by atoms with van der Waals surface area (Å²) in [4.78, 5) is 35.0. The van der Waals surface area contributed by atoms with E-state index in [1.807, 2.05) is 0 Å². The van der Waals surface area contributed by atoms with Crippen LogP contribution in [0.3, 0.4) is 0 Å². The number of carbonyl (C=O) groups excluding carboxylic acids is 2. The van der Waals surface area contributed by atoms with E-state index in [-0.39, 0.29) is 17.2 Å². The second-order valence-corrected chi connectivity index (χ2v) is 6.18. The van der Waals surface area contributed by atoms with Crippen molar-refractivity contribution in [2.24, 2.45) is 0 Å². The van der Waals surface area contributed by atoms with Gasteiger partial charge in [0, 0.05) is 28.9 Å². The lowest BCUT2D eigenvalue weighted by molar-refractivity contribution is -0.384. The zero-order valence-corrected chi connectivity index (χ0v) is 15.1. The lowest BCUT2D eigenvalue weighted by Crippen LogP contribution is -2.14. The van der Waals surface area contributed by atoms with E-state index in [4.69, 9.17) is 11.6 Å². The number of non-ortho nitro benzene ring substituents is 1. The van der Waals surface area contributed by atoms with Gasteiger partial charge in [-0.3, -0.25) is 19.7 Å². The molecule has 0 radical (unpaired) electrons. The van der Waals surface area contributed by atoms with Crippen molar-refractivity contribution in [1.82, 2.24) is 0 Å². The maximum Gasteiger partial charge on any atom is 0.270 e. The molecule has 0 bridgehead atoms. The molecule has 3 aromatic carbocycles. The molecule has 0 aromatic heterocycles. The number of hydrogen-bond donors (Lipinski definition) is 2. The average Bonchev–Trinajstić information content (AvgIpc) is 2.71. The summed E-state index contributed by atoms with van der Waals surface area (Å²) in [6.07, 6.45) is 0. The van der Waals surface area contributed by atoms with Gasteiger partial charge in [0.25, 0.3) is 17.5 Å². The van der Waals surface area contributed by atoms with Gasteiger partial charge in [-0.2, -0.15) is 0 Å². The molecule has 0 fully saturated rings. The molecule has 2 N–H and O–H groups in total. The van der Waals surface area contributed by atoms with Gasteiger partial charge in [-0.25, -0.2) is 0 Å². The maximum atomic E-state index is 12.4. The molecule has 3 rings (SSSR count). The number of nitro groups is 1. The van der Waals surface area contributed by atoms with Gasteiger partial charge in [0.15, 0.2) is 0 Å². The second kappa shape index (κ2) is 8.32. The molecule has 0 atom stereocenters. The Hall–Kier alpha value is -3.71. The molecule has 28 heavy (non-hydrogen) atoms. The van der Waals surface area contributed by atoms with Gasteiger partial charge in [0.1, 0.15) is 0 Å². The van der Waals surface area contributed by atoms with Crippen LogP contribution in [0.4, 0.5) is 17.1 Å². The zero-order chi connectivity index (χ0) is 20.1. The summed E-state index contributed by atoms with van der Waals surface area (Å²) in [5.74, 6) is -0.865. The number of anilines is 2. The first-order valence-corrected chi connectivity index (χ1v) is 8.53. The van der Waals surface area contributed by atoms with Gasteiger partial charge < -0.3 is 10.6 Å². The molecular weight excluding hydrogens is 382 g/mol.